The second-order valence-electron chi connectivity index (χ2n) is 6.02. The maximum absolute atomic E-state index is 10.8. The van der Waals surface area contributed by atoms with Crippen LogP contribution in [0.25, 0.3) is 0 Å². The third-order valence-corrected chi connectivity index (χ3v) is 4.77. The van der Waals surface area contributed by atoms with Gasteiger partial charge in [-0.25, -0.2) is 0 Å². The number of rotatable bonds is 5. The number of hydrogen-bond donors (Lipinski definition) is 2. The summed E-state index contributed by atoms with van der Waals surface area (Å²) in [5.74, 6) is 2.07. The van der Waals surface area contributed by atoms with E-state index < -0.39 is 5.60 Å². The molecular weight excluding hydrogens is 198 g/mol. The highest BCUT2D eigenvalue weighted by Crippen LogP contribution is 2.48. The summed E-state index contributed by atoms with van der Waals surface area (Å²) < 4.78 is 0. The predicted octanol–water partition coefficient (Wildman–Crippen LogP) is 2.69. The second kappa shape index (κ2) is 5.05. The SMILES string of the molecule is CCCC(CN)C1(O)CCCC(C2CC2)C1. The first-order chi connectivity index (χ1) is 7.69. The molecule has 0 heterocycles. The summed E-state index contributed by atoms with van der Waals surface area (Å²) in [6.07, 6.45) is 9.60. The molecule has 16 heavy (non-hydrogen) atoms. The summed E-state index contributed by atoms with van der Waals surface area (Å²) in [6.45, 7) is 2.84. The fraction of sp³-hybridized carbons (Fsp3) is 1.00. The van der Waals surface area contributed by atoms with Gasteiger partial charge >= 0.3 is 0 Å². The molecule has 2 aliphatic rings. The molecule has 0 aliphatic heterocycles. The van der Waals surface area contributed by atoms with Crippen molar-refractivity contribution in [2.24, 2.45) is 23.5 Å². The predicted molar refractivity (Wildman–Crippen MR) is 67.1 cm³/mol. The van der Waals surface area contributed by atoms with Crippen LogP contribution in [0.4, 0.5) is 0 Å². The molecule has 94 valence electrons. The minimum absolute atomic E-state index is 0.332. The van der Waals surface area contributed by atoms with Gasteiger partial charge in [-0.3, -0.25) is 0 Å². The van der Waals surface area contributed by atoms with E-state index in [9.17, 15) is 5.11 Å². The van der Waals surface area contributed by atoms with Crippen LogP contribution in [0, 0.1) is 17.8 Å². The normalized spacial score (nSPS) is 37.3. The van der Waals surface area contributed by atoms with Gasteiger partial charge in [0.05, 0.1) is 5.60 Å². The molecule has 2 aliphatic carbocycles. The smallest absolute Gasteiger partial charge is 0.0690 e. The van der Waals surface area contributed by atoms with Gasteiger partial charge in [-0.15, -0.1) is 0 Å². The van der Waals surface area contributed by atoms with Gasteiger partial charge in [-0.05, 0) is 62.8 Å². The molecule has 0 radical (unpaired) electrons. The van der Waals surface area contributed by atoms with Gasteiger partial charge in [0.1, 0.15) is 0 Å². The number of hydrogen-bond acceptors (Lipinski definition) is 2. The fourth-order valence-electron chi connectivity index (χ4n) is 3.62. The van der Waals surface area contributed by atoms with E-state index >= 15 is 0 Å². The molecule has 0 amide bonds. The van der Waals surface area contributed by atoms with E-state index in [-0.39, 0.29) is 0 Å². The van der Waals surface area contributed by atoms with Gasteiger partial charge in [0.2, 0.25) is 0 Å². The third-order valence-electron chi connectivity index (χ3n) is 4.77. The monoisotopic (exact) mass is 225 g/mol. The van der Waals surface area contributed by atoms with Crippen molar-refractivity contribution >= 4 is 0 Å². The average molecular weight is 225 g/mol. The zero-order valence-electron chi connectivity index (χ0n) is 10.6. The molecule has 2 heteroatoms. The maximum atomic E-state index is 10.8. The summed E-state index contributed by atoms with van der Waals surface area (Å²) in [5.41, 5.74) is 5.42. The first-order valence-corrected chi connectivity index (χ1v) is 7.12. The Hall–Kier alpha value is -0.0800. The van der Waals surface area contributed by atoms with Gasteiger partial charge in [-0.2, -0.15) is 0 Å². The molecule has 0 saturated heterocycles. The molecule has 2 nitrogen and oxygen atoms in total. The first kappa shape index (κ1) is 12.4. The molecule has 0 aromatic heterocycles. The van der Waals surface area contributed by atoms with Crippen molar-refractivity contribution in [3.63, 3.8) is 0 Å². The Labute approximate surface area is 99.6 Å². The third kappa shape index (κ3) is 2.60. The molecule has 0 bridgehead atoms. The highest BCUT2D eigenvalue weighted by atomic mass is 16.3. The Bertz CT molecular complexity index is 227. The van der Waals surface area contributed by atoms with Gasteiger partial charge in [0, 0.05) is 0 Å². The topological polar surface area (TPSA) is 46.2 Å². The summed E-state index contributed by atoms with van der Waals surface area (Å²) in [5, 5.41) is 10.8. The number of aliphatic hydroxyl groups is 1. The van der Waals surface area contributed by atoms with E-state index in [2.05, 4.69) is 6.92 Å². The van der Waals surface area contributed by atoms with Crippen molar-refractivity contribution < 1.29 is 5.11 Å². The van der Waals surface area contributed by atoms with Crippen LogP contribution in [-0.2, 0) is 0 Å². The number of nitrogens with two attached hydrogens (primary N) is 1. The molecule has 3 unspecified atom stereocenters. The lowest BCUT2D eigenvalue weighted by atomic mass is 9.69. The summed E-state index contributed by atoms with van der Waals surface area (Å²) in [4.78, 5) is 0. The van der Waals surface area contributed by atoms with Crippen molar-refractivity contribution in [1.29, 1.82) is 0 Å². The van der Waals surface area contributed by atoms with Gasteiger partial charge < -0.3 is 10.8 Å². The van der Waals surface area contributed by atoms with Crippen LogP contribution < -0.4 is 5.73 Å². The summed E-state index contributed by atoms with van der Waals surface area (Å²) in [7, 11) is 0. The minimum atomic E-state index is -0.434. The van der Waals surface area contributed by atoms with E-state index in [0.29, 0.717) is 12.5 Å². The molecule has 3 atom stereocenters. The van der Waals surface area contributed by atoms with Crippen molar-refractivity contribution in [3.8, 4) is 0 Å². The quantitative estimate of drug-likeness (QED) is 0.755. The average Bonchev–Trinajstić information content (AvgIpc) is 3.09. The van der Waals surface area contributed by atoms with Crippen molar-refractivity contribution in [2.75, 3.05) is 6.54 Å². The van der Waals surface area contributed by atoms with Crippen LogP contribution >= 0.6 is 0 Å². The fourth-order valence-corrected chi connectivity index (χ4v) is 3.62. The lowest BCUT2D eigenvalue weighted by Gasteiger charge is -2.42. The van der Waals surface area contributed by atoms with Gasteiger partial charge in [0.25, 0.3) is 0 Å². The molecular formula is C14H27NO. The van der Waals surface area contributed by atoms with Crippen molar-refractivity contribution in [2.45, 2.75) is 63.9 Å². The van der Waals surface area contributed by atoms with E-state index in [1.807, 2.05) is 0 Å². The Morgan fingerprint density at radius 2 is 2.06 bits per heavy atom. The van der Waals surface area contributed by atoms with E-state index in [4.69, 9.17) is 5.73 Å². The molecule has 3 N–H and O–H groups in total. The summed E-state index contributed by atoms with van der Waals surface area (Å²) in [6, 6.07) is 0. The largest absolute Gasteiger partial charge is 0.390 e. The van der Waals surface area contributed by atoms with Crippen molar-refractivity contribution in [3.05, 3.63) is 0 Å². The van der Waals surface area contributed by atoms with Crippen LogP contribution in [0.15, 0.2) is 0 Å². The Kier molecular flexibility index (Phi) is 3.91. The van der Waals surface area contributed by atoms with E-state index in [0.717, 1.165) is 37.5 Å². The van der Waals surface area contributed by atoms with Crippen molar-refractivity contribution in [1.82, 2.24) is 0 Å². The van der Waals surface area contributed by atoms with E-state index in [1.165, 1.54) is 25.7 Å². The first-order valence-electron chi connectivity index (χ1n) is 7.12. The van der Waals surface area contributed by atoms with Crippen LogP contribution in [0.3, 0.4) is 0 Å². The van der Waals surface area contributed by atoms with Gasteiger partial charge in [-0.1, -0.05) is 19.8 Å². The van der Waals surface area contributed by atoms with Crippen LogP contribution in [-0.4, -0.2) is 17.3 Å². The highest BCUT2D eigenvalue weighted by Gasteiger charge is 2.44. The molecule has 2 rings (SSSR count). The molecule has 2 fully saturated rings. The minimum Gasteiger partial charge on any atom is -0.390 e. The molecule has 2 saturated carbocycles. The van der Waals surface area contributed by atoms with Gasteiger partial charge in [0.15, 0.2) is 0 Å². The van der Waals surface area contributed by atoms with Crippen LogP contribution in [0.5, 0.6) is 0 Å². The zero-order chi connectivity index (χ0) is 11.6. The maximum Gasteiger partial charge on any atom is 0.0690 e. The Morgan fingerprint density at radius 1 is 1.31 bits per heavy atom. The Balaban J connectivity index is 1.97. The lowest BCUT2D eigenvalue weighted by molar-refractivity contribution is -0.0680. The molecule has 0 aromatic carbocycles. The second-order valence-corrected chi connectivity index (χ2v) is 6.02. The molecule has 0 aromatic rings. The summed E-state index contributed by atoms with van der Waals surface area (Å²) >= 11 is 0. The lowest BCUT2D eigenvalue weighted by Crippen LogP contribution is -2.46. The molecule has 0 spiro atoms. The standard InChI is InChI=1S/C14H27NO/c1-2-4-13(10-15)14(16)8-3-5-12(9-14)11-6-7-11/h11-13,16H,2-10,15H2,1H3. The van der Waals surface area contributed by atoms with E-state index in [1.54, 1.807) is 0 Å². The van der Waals surface area contributed by atoms with Crippen LogP contribution in [0.1, 0.15) is 58.3 Å². The van der Waals surface area contributed by atoms with Crippen LogP contribution in [0.2, 0.25) is 0 Å². The Morgan fingerprint density at radius 3 is 2.62 bits per heavy atom. The highest BCUT2D eigenvalue weighted by molar-refractivity contribution is 4.96. The zero-order valence-corrected chi connectivity index (χ0v) is 10.6.